The van der Waals surface area contributed by atoms with Crippen LogP contribution in [0.2, 0.25) is 0 Å². The summed E-state index contributed by atoms with van der Waals surface area (Å²) in [5.41, 5.74) is 6.18. The molecule has 1 heterocycles. The van der Waals surface area contributed by atoms with Gasteiger partial charge in [0.1, 0.15) is 18.2 Å². The van der Waals surface area contributed by atoms with Gasteiger partial charge in [-0.05, 0) is 96.2 Å². The lowest BCUT2D eigenvalue weighted by molar-refractivity contribution is -0.153. The standard InChI is InChI=1S/C35H40FNO4/c1-34(2)14-6-8-28(34)26-17-22(9-12-25(26)27-19-32(39-3)37-20-31(27)36)21-41-24-11-10-23-7-5-15-35(30(23)18-24)16-13-29(35)33(38)40-4/h9-12,17-20,28-29H,5-8,13-16,21H2,1-4H3/t28-,29+,35-/m0/s1. The van der Waals surface area contributed by atoms with Gasteiger partial charge < -0.3 is 14.2 Å². The van der Waals surface area contributed by atoms with Crippen LogP contribution in [-0.2, 0) is 28.0 Å². The molecule has 216 valence electrons. The lowest BCUT2D eigenvalue weighted by Gasteiger charge is -2.51. The first kappa shape index (κ1) is 27.7. The predicted octanol–water partition coefficient (Wildman–Crippen LogP) is 7.93. The molecular weight excluding hydrogens is 517 g/mol. The number of esters is 1. The number of halogens is 1. The van der Waals surface area contributed by atoms with Crippen molar-refractivity contribution in [3.8, 4) is 22.8 Å². The zero-order chi connectivity index (χ0) is 28.8. The number of benzene rings is 2. The molecule has 0 N–H and O–H groups in total. The van der Waals surface area contributed by atoms with Crippen LogP contribution in [0.15, 0.2) is 48.7 Å². The van der Waals surface area contributed by atoms with Crippen LogP contribution in [0.3, 0.4) is 0 Å². The lowest BCUT2D eigenvalue weighted by atomic mass is 9.52. The summed E-state index contributed by atoms with van der Waals surface area (Å²) >= 11 is 0. The van der Waals surface area contributed by atoms with E-state index in [0.29, 0.717) is 24.0 Å². The Kier molecular flexibility index (Phi) is 7.29. The Balaban J connectivity index is 1.31. The van der Waals surface area contributed by atoms with Gasteiger partial charge in [-0.3, -0.25) is 4.79 Å². The fourth-order valence-electron chi connectivity index (χ4n) is 7.84. The Morgan fingerprint density at radius 1 is 1.00 bits per heavy atom. The molecule has 0 amide bonds. The summed E-state index contributed by atoms with van der Waals surface area (Å²) in [5.74, 6) is 1.01. The van der Waals surface area contributed by atoms with E-state index in [1.165, 1.54) is 24.4 Å². The first-order valence-corrected chi connectivity index (χ1v) is 14.9. The second-order valence-corrected chi connectivity index (χ2v) is 12.8. The summed E-state index contributed by atoms with van der Waals surface area (Å²) < 4.78 is 32.0. The lowest BCUT2D eigenvalue weighted by Crippen LogP contribution is -2.50. The van der Waals surface area contributed by atoms with Crippen LogP contribution >= 0.6 is 0 Å². The number of fused-ring (bicyclic) bond motifs is 2. The van der Waals surface area contributed by atoms with Crippen molar-refractivity contribution >= 4 is 5.97 Å². The van der Waals surface area contributed by atoms with Crippen LogP contribution in [0.1, 0.15) is 87.0 Å². The Labute approximate surface area is 242 Å². The van der Waals surface area contributed by atoms with Gasteiger partial charge in [0.2, 0.25) is 5.88 Å². The summed E-state index contributed by atoms with van der Waals surface area (Å²) in [7, 11) is 3.04. The molecule has 3 aliphatic rings. The predicted molar refractivity (Wildman–Crippen MR) is 157 cm³/mol. The molecule has 3 aromatic rings. The van der Waals surface area contributed by atoms with E-state index in [0.717, 1.165) is 73.8 Å². The van der Waals surface area contributed by atoms with E-state index in [9.17, 15) is 4.79 Å². The van der Waals surface area contributed by atoms with E-state index >= 15 is 4.39 Å². The van der Waals surface area contributed by atoms with Crippen LogP contribution in [0.25, 0.3) is 11.1 Å². The maximum Gasteiger partial charge on any atom is 0.309 e. The molecule has 0 unspecified atom stereocenters. The number of rotatable bonds is 7. The topological polar surface area (TPSA) is 57.7 Å². The first-order valence-electron chi connectivity index (χ1n) is 14.9. The summed E-state index contributed by atoms with van der Waals surface area (Å²) in [6, 6.07) is 14.3. The second-order valence-electron chi connectivity index (χ2n) is 12.8. The molecule has 6 heteroatoms. The van der Waals surface area contributed by atoms with Crippen molar-refractivity contribution in [3.63, 3.8) is 0 Å². The van der Waals surface area contributed by atoms with Crippen LogP contribution in [-0.4, -0.2) is 25.2 Å². The number of pyridine rings is 1. The number of hydrogen-bond acceptors (Lipinski definition) is 5. The minimum Gasteiger partial charge on any atom is -0.489 e. The fourth-order valence-corrected chi connectivity index (χ4v) is 7.84. The molecule has 5 nitrogen and oxygen atoms in total. The zero-order valence-electron chi connectivity index (χ0n) is 24.6. The van der Waals surface area contributed by atoms with E-state index in [4.69, 9.17) is 14.2 Å². The largest absolute Gasteiger partial charge is 0.489 e. The van der Waals surface area contributed by atoms with Crippen molar-refractivity contribution in [2.24, 2.45) is 11.3 Å². The highest BCUT2D eigenvalue weighted by atomic mass is 19.1. The molecule has 2 saturated carbocycles. The second kappa shape index (κ2) is 10.8. The van der Waals surface area contributed by atoms with E-state index < -0.39 is 0 Å². The molecule has 3 atom stereocenters. The van der Waals surface area contributed by atoms with E-state index in [-0.39, 0.29) is 28.5 Å². The quantitative estimate of drug-likeness (QED) is 0.276. The molecule has 0 saturated heterocycles. The van der Waals surface area contributed by atoms with Crippen molar-refractivity contribution < 1.29 is 23.4 Å². The van der Waals surface area contributed by atoms with Gasteiger partial charge in [0.05, 0.1) is 26.3 Å². The van der Waals surface area contributed by atoms with Crippen molar-refractivity contribution in [3.05, 3.63) is 76.7 Å². The number of nitrogens with zero attached hydrogens (tertiary/aromatic N) is 1. The number of carbonyl (C=O) groups excluding carboxylic acids is 1. The Hall–Kier alpha value is -3.41. The van der Waals surface area contributed by atoms with Gasteiger partial charge in [0, 0.05) is 17.0 Å². The van der Waals surface area contributed by atoms with E-state index in [1.807, 2.05) is 12.1 Å². The van der Waals surface area contributed by atoms with Crippen molar-refractivity contribution in [1.82, 2.24) is 4.98 Å². The van der Waals surface area contributed by atoms with Gasteiger partial charge in [-0.25, -0.2) is 9.37 Å². The Morgan fingerprint density at radius 3 is 2.56 bits per heavy atom. The smallest absolute Gasteiger partial charge is 0.309 e. The molecule has 1 aromatic heterocycles. The van der Waals surface area contributed by atoms with E-state index in [2.05, 4.69) is 43.1 Å². The fraction of sp³-hybridized carbons (Fsp3) is 0.486. The molecule has 0 bridgehead atoms. The van der Waals surface area contributed by atoms with Crippen molar-refractivity contribution in [1.29, 1.82) is 0 Å². The molecule has 1 spiro atoms. The molecule has 0 aliphatic heterocycles. The molecule has 2 fully saturated rings. The molecular formula is C35H40FNO4. The highest BCUT2D eigenvalue weighted by molar-refractivity contribution is 5.76. The third-order valence-corrected chi connectivity index (χ3v) is 10.2. The van der Waals surface area contributed by atoms with Gasteiger partial charge in [-0.1, -0.05) is 44.5 Å². The van der Waals surface area contributed by atoms with E-state index in [1.54, 1.807) is 13.2 Å². The number of aromatic nitrogens is 1. The molecule has 3 aliphatic carbocycles. The minimum atomic E-state index is -0.351. The SMILES string of the molecule is COC(=O)[C@H]1CC[C@@]12CCCc1ccc(OCc3ccc(-c4cc(OC)ncc4F)c([C@@H]4CCCC4(C)C)c3)cc12. The van der Waals surface area contributed by atoms with Crippen LogP contribution < -0.4 is 9.47 Å². The van der Waals surface area contributed by atoms with Gasteiger partial charge in [-0.2, -0.15) is 0 Å². The van der Waals surface area contributed by atoms with Crippen molar-refractivity contribution in [2.45, 2.75) is 83.2 Å². The number of ether oxygens (including phenoxy) is 3. The molecule has 0 radical (unpaired) electrons. The minimum absolute atomic E-state index is 0.0705. The van der Waals surface area contributed by atoms with Gasteiger partial charge in [0.15, 0.2) is 0 Å². The van der Waals surface area contributed by atoms with Crippen LogP contribution in [0.5, 0.6) is 11.6 Å². The van der Waals surface area contributed by atoms with Gasteiger partial charge >= 0.3 is 5.97 Å². The third-order valence-electron chi connectivity index (χ3n) is 10.2. The van der Waals surface area contributed by atoms with Crippen LogP contribution in [0, 0.1) is 17.2 Å². The van der Waals surface area contributed by atoms with Crippen molar-refractivity contribution in [2.75, 3.05) is 14.2 Å². The molecule has 2 aromatic carbocycles. The zero-order valence-corrected chi connectivity index (χ0v) is 24.6. The van der Waals surface area contributed by atoms with Crippen LogP contribution in [0.4, 0.5) is 4.39 Å². The highest BCUT2D eigenvalue weighted by Gasteiger charge is 2.53. The number of carbonyl (C=O) groups is 1. The maximum atomic E-state index is 15.1. The normalized spacial score (nSPS) is 24.4. The van der Waals surface area contributed by atoms with Gasteiger partial charge in [0.25, 0.3) is 0 Å². The average Bonchev–Trinajstić information content (AvgIpc) is 3.33. The first-order chi connectivity index (χ1) is 19.8. The Morgan fingerprint density at radius 2 is 1.85 bits per heavy atom. The monoisotopic (exact) mass is 557 g/mol. The number of aryl methyl sites for hydroxylation is 1. The summed E-state index contributed by atoms with van der Waals surface area (Å²) in [6.45, 7) is 5.03. The Bertz CT molecular complexity index is 1470. The summed E-state index contributed by atoms with van der Waals surface area (Å²) in [6.07, 6.45) is 9.65. The summed E-state index contributed by atoms with van der Waals surface area (Å²) in [4.78, 5) is 16.6. The summed E-state index contributed by atoms with van der Waals surface area (Å²) in [5, 5.41) is 0. The molecule has 41 heavy (non-hydrogen) atoms. The molecule has 6 rings (SSSR count). The average molecular weight is 558 g/mol. The highest BCUT2D eigenvalue weighted by Crippen LogP contribution is 2.56. The number of methoxy groups -OCH3 is 2. The van der Waals surface area contributed by atoms with Gasteiger partial charge in [-0.15, -0.1) is 0 Å². The number of hydrogen-bond donors (Lipinski definition) is 0. The third kappa shape index (κ3) is 4.89. The maximum absolute atomic E-state index is 15.1.